The van der Waals surface area contributed by atoms with E-state index >= 15 is 0 Å². The van der Waals surface area contributed by atoms with Crippen LogP contribution < -0.4 is 10.6 Å². The number of halogens is 2. The predicted octanol–water partition coefficient (Wildman–Crippen LogP) is 3.60. The summed E-state index contributed by atoms with van der Waals surface area (Å²) in [6.07, 6.45) is 0. The van der Waals surface area contributed by atoms with Gasteiger partial charge in [-0.25, -0.2) is 4.39 Å². The maximum Gasteiger partial charge on any atom is 0.284 e. The summed E-state index contributed by atoms with van der Waals surface area (Å²) in [4.78, 5) is 33.7. The molecule has 0 heterocycles. The monoisotopic (exact) mass is 351 g/mol. The molecule has 9 heteroatoms. The molecule has 0 bridgehead atoms. The molecule has 0 atom stereocenters. The highest BCUT2D eigenvalue weighted by molar-refractivity contribution is 6.31. The number of nitro benzene ring substituents is 1. The van der Waals surface area contributed by atoms with Gasteiger partial charge in [-0.2, -0.15) is 0 Å². The van der Waals surface area contributed by atoms with Gasteiger partial charge in [0.1, 0.15) is 11.4 Å². The van der Waals surface area contributed by atoms with Crippen LogP contribution in [0.3, 0.4) is 0 Å². The molecule has 0 saturated heterocycles. The van der Waals surface area contributed by atoms with Gasteiger partial charge in [-0.3, -0.25) is 19.7 Å². The molecule has 0 aromatic heterocycles. The number of nitro groups is 1. The lowest BCUT2D eigenvalue weighted by atomic mass is 10.1. The normalized spacial score (nSPS) is 10.1. The Morgan fingerprint density at radius 3 is 2.33 bits per heavy atom. The Balaban J connectivity index is 2.32. The fourth-order valence-corrected chi connectivity index (χ4v) is 2.11. The summed E-state index contributed by atoms with van der Waals surface area (Å²) in [5, 5.41) is 15.8. The standard InChI is InChI=1S/C15H11ClFN3O4/c1-8(21)18-10-2-4-11(14(7-10)20(23)24)15(22)19-9-3-5-13(17)12(16)6-9/h2-7H,1H3,(H,18,21)(H,19,22). The fourth-order valence-electron chi connectivity index (χ4n) is 1.93. The molecular weight excluding hydrogens is 341 g/mol. The number of nitrogens with zero attached hydrogens (tertiary/aromatic N) is 1. The van der Waals surface area contributed by atoms with E-state index in [1.807, 2.05) is 0 Å². The van der Waals surface area contributed by atoms with Crippen molar-refractivity contribution in [2.75, 3.05) is 10.6 Å². The van der Waals surface area contributed by atoms with Crippen molar-refractivity contribution < 1.29 is 18.9 Å². The molecule has 2 amide bonds. The first-order valence-corrected chi connectivity index (χ1v) is 6.98. The molecule has 0 unspecified atom stereocenters. The number of hydrogen-bond donors (Lipinski definition) is 2. The van der Waals surface area contributed by atoms with E-state index in [0.717, 1.165) is 12.1 Å². The van der Waals surface area contributed by atoms with Crippen LogP contribution in [0.2, 0.25) is 5.02 Å². The average molecular weight is 352 g/mol. The molecule has 0 aliphatic rings. The third-order valence-corrected chi connectivity index (χ3v) is 3.23. The van der Waals surface area contributed by atoms with Gasteiger partial charge in [-0.1, -0.05) is 11.6 Å². The van der Waals surface area contributed by atoms with Gasteiger partial charge in [0.15, 0.2) is 0 Å². The third kappa shape index (κ3) is 4.05. The Bertz CT molecular complexity index is 841. The number of nitrogens with one attached hydrogen (secondary N) is 2. The molecule has 0 aliphatic carbocycles. The molecule has 0 aliphatic heterocycles. The van der Waals surface area contributed by atoms with E-state index in [2.05, 4.69) is 10.6 Å². The lowest BCUT2D eigenvalue weighted by Crippen LogP contribution is -2.15. The first kappa shape index (κ1) is 17.4. The van der Waals surface area contributed by atoms with Crippen molar-refractivity contribution in [2.24, 2.45) is 0 Å². The molecule has 2 rings (SSSR count). The third-order valence-electron chi connectivity index (χ3n) is 2.94. The Hall–Kier alpha value is -3.00. The first-order chi connectivity index (χ1) is 11.3. The molecular formula is C15H11ClFN3O4. The van der Waals surface area contributed by atoms with Crippen molar-refractivity contribution in [3.8, 4) is 0 Å². The van der Waals surface area contributed by atoms with E-state index in [9.17, 15) is 24.1 Å². The molecule has 7 nitrogen and oxygen atoms in total. The van der Waals surface area contributed by atoms with Gasteiger partial charge in [0.2, 0.25) is 5.91 Å². The van der Waals surface area contributed by atoms with Crippen LogP contribution in [-0.4, -0.2) is 16.7 Å². The van der Waals surface area contributed by atoms with Crippen molar-refractivity contribution in [2.45, 2.75) is 6.92 Å². The number of carbonyl (C=O) groups is 2. The van der Waals surface area contributed by atoms with E-state index in [1.165, 1.54) is 31.2 Å². The maximum atomic E-state index is 13.1. The molecule has 0 saturated carbocycles. The van der Waals surface area contributed by atoms with Gasteiger partial charge < -0.3 is 10.6 Å². The minimum Gasteiger partial charge on any atom is -0.326 e. The predicted molar refractivity (Wildman–Crippen MR) is 86.8 cm³/mol. The number of benzene rings is 2. The Morgan fingerprint density at radius 1 is 1.12 bits per heavy atom. The first-order valence-electron chi connectivity index (χ1n) is 6.60. The van der Waals surface area contributed by atoms with Gasteiger partial charge in [0.05, 0.1) is 9.95 Å². The Labute approximate surface area is 140 Å². The van der Waals surface area contributed by atoms with Crippen LogP contribution >= 0.6 is 11.6 Å². The quantitative estimate of drug-likeness (QED) is 0.649. The minimum absolute atomic E-state index is 0.187. The number of carbonyl (C=O) groups excluding carboxylic acids is 2. The zero-order chi connectivity index (χ0) is 17.9. The Kier molecular flexibility index (Phi) is 5.10. The molecule has 24 heavy (non-hydrogen) atoms. The lowest BCUT2D eigenvalue weighted by molar-refractivity contribution is -0.385. The van der Waals surface area contributed by atoms with Gasteiger partial charge in [0, 0.05) is 24.4 Å². The maximum absolute atomic E-state index is 13.1. The van der Waals surface area contributed by atoms with Crippen molar-refractivity contribution in [1.82, 2.24) is 0 Å². The topological polar surface area (TPSA) is 101 Å². The molecule has 0 radical (unpaired) electrons. The summed E-state index contributed by atoms with van der Waals surface area (Å²) in [5.74, 6) is -1.82. The average Bonchev–Trinajstić information content (AvgIpc) is 2.50. The second-order valence-electron chi connectivity index (χ2n) is 4.75. The van der Waals surface area contributed by atoms with Gasteiger partial charge in [-0.15, -0.1) is 0 Å². The number of rotatable bonds is 4. The van der Waals surface area contributed by atoms with Crippen molar-refractivity contribution in [3.05, 3.63) is 62.9 Å². The number of amides is 2. The van der Waals surface area contributed by atoms with Crippen LogP contribution in [0.1, 0.15) is 17.3 Å². The van der Waals surface area contributed by atoms with E-state index < -0.39 is 28.2 Å². The molecule has 2 aromatic carbocycles. The summed E-state index contributed by atoms with van der Waals surface area (Å²) < 4.78 is 13.1. The number of hydrogen-bond acceptors (Lipinski definition) is 4. The minimum atomic E-state index is -0.765. The second kappa shape index (κ2) is 7.05. The van der Waals surface area contributed by atoms with Crippen LogP contribution in [0.15, 0.2) is 36.4 Å². The van der Waals surface area contributed by atoms with E-state index in [1.54, 1.807) is 0 Å². The van der Waals surface area contributed by atoms with Crippen molar-refractivity contribution in [3.63, 3.8) is 0 Å². The van der Waals surface area contributed by atoms with E-state index in [4.69, 9.17) is 11.6 Å². The highest BCUT2D eigenvalue weighted by Crippen LogP contribution is 2.25. The highest BCUT2D eigenvalue weighted by Gasteiger charge is 2.21. The lowest BCUT2D eigenvalue weighted by Gasteiger charge is -2.08. The van der Waals surface area contributed by atoms with Crippen LogP contribution in [-0.2, 0) is 4.79 Å². The van der Waals surface area contributed by atoms with E-state index in [0.29, 0.717) is 0 Å². The van der Waals surface area contributed by atoms with Gasteiger partial charge >= 0.3 is 0 Å². The van der Waals surface area contributed by atoms with E-state index in [-0.39, 0.29) is 22.0 Å². The van der Waals surface area contributed by atoms with Crippen LogP contribution in [0.4, 0.5) is 21.5 Å². The number of anilines is 2. The largest absolute Gasteiger partial charge is 0.326 e. The van der Waals surface area contributed by atoms with Gasteiger partial charge in [0.25, 0.3) is 11.6 Å². The summed E-state index contributed by atoms with van der Waals surface area (Å²) >= 11 is 5.62. The highest BCUT2D eigenvalue weighted by atomic mass is 35.5. The molecule has 124 valence electrons. The Morgan fingerprint density at radius 2 is 1.75 bits per heavy atom. The van der Waals surface area contributed by atoms with Crippen LogP contribution in [0, 0.1) is 15.9 Å². The van der Waals surface area contributed by atoms with Crippen molar-refractivity contribution in [1.29, 1.82) is 0 Å². The van der Waals surface area contributed by atoms with Crippen LogP contribution in [0.5, 0.6) is 0 Å². The summed E-state index contributed by atoms with van der Waals surface area (Å²) in [5.41, 5.74) is -0.316. The van der Waals surface area contributed by atoms with Gasteiger partial charge in [-0.05, 0) is 30.3 Å². The molecule has 2 aromatic rings. The SMILES string of the molecule is CC(=O)Nc1ccc(C(=O)Nc2ccc(F)c(Cl)c2)c([N+](=O)[O-])c1. The fraction of sp³-hybridized carbons (Fsp3) is 0.0667. The zero-order valence-corrected chi connectivity index (χ0v) is 13.1. The zero-order valence-electron chi connectivity index (χ0n) is 12.3. The summed E-state index contributed by atoms with van der Waals surface area (Å²) in [6.45, 7) is 1.25. The summed E-state index contributed by atoms with van der Waals surface area (Å²) in [7, 11) is 0. The molecule has 0 spiro atoms. The second-order valence-corrected chi connectivity index (χ2v) is 5.16. The smallest absolute Gasteiger partial charge is 0.284 e. The summed E-state index contributed by atoms with van der Waals surface area (Å²) in [6, 6.07) is 7.17. The van der Waals surface area contributed by atoms with Crippen LogP contribution in [0.25, 0.3) is 0 Å². The molecule has 2 N–H and O–H groups in total. The van der Waals surface area contributed by atoms with Crippen molar-refractivity contribution >= 4 is 40.5 Å². The molecule has 0 fully saturated rings.